The largest absolute Gasteiger partial charge is 0.506 e. The van der Waals surface area contributed by atoms with E-state index in [1.807, 2.05) is 25.1 Å². The highest BCUT2D eigenvalue weighted by Crippen LogP contribution is 2.41. The van der Waals surface area contributed by atoms with Gasteiger partial charge < -0.3 is 14.6 Å². The van der Waals surface area contributed by atoms with Crippen LogP contribution in [0.4, 0.5) is 0 Å². The first-order chi connectivity index (χ1) is 15.3. The maximum absolute atomic E-state index is 12.7. The van der Waals surface area contributed by atoms with Crippen molar-refractivity contribution in [2.24, 2.45) is 0 Å². The van der Waals surface area contributed by atoms with Crippen LogP contribution in [0.5, 0.6) is 11.5 Å². The zero-order valence-corrected chi connectivity index (χ0v) is 22.8. The summed E-state index contributed by atoms with van der Waals surface area (Å²) in [4.78, 5) is 12.7. The lowest BCUT2D eigenvalue weighted by molar-refractivity contribution is 0.0520. The summed E-state index contributed by atoms with van der Waals surface area (Å²) in [6.45, 7) is 17.4. The van der Waals surface area contributed by atoms with Crippen molar-refractivity contribution in [3.63, 3.8) is 0 Å². The number of hydrogen-bond donors (Lipinski definition) is 1. The predicted octanol–water partition coefficient (Wildman–Crippen LogP) is 7.83. The molecule has 0 unspecified atom stereocenters. The molecule has 0 saturated carbocycles. The van der Waals surface area contributed by atoms with Crippen LogP contribution in [0, 0.1) is 6.92 Å². The van der Waals surface area contributed by atoms with Crippen LogP contribution in [0.1, 0.15) is 74.9 Å². The third-order valence-electron chi connectivity index (χ3n) is 5.96. The average molecular weight is 471 g/mol. The minimum atomic E-state index is -1.30. The number of phenolic OH excluding ortho intramolecular Hbond substituents is 1. The molecule has 1 aliphatic rings. The molecule has 4 nitrogen and oxygen atoms in total. The van der Waals surface area contributed by atoms with Gasteiger partial charge in [-0.1, -0.05) is 42.9 Å². The molecule has 0 spiro atoms. The number of ether oxygens (including phenoxy) is 2. The smallest absolute Gasteiger partial charge is 0.342 e. The molecule has 2 rings (SSSR count). The Kier molecular flexibility index (Phi) is 9.18. The number of phenols is 1. The van der Waals surface area contributed by atoms with Crippen molar-refractivity contribution in [1.82, 2.24) is 0 Å². The average Bonchev–Trinajstić information content (AvgIpc) is 2.66. The van der Waals surface area contributed by atoms with Crippen molar-refractivity contribution in [3.05, 3.63) is 52.1 Å². The van der Waals surface area contributed by atoms with Gasteiger partial charge in [-0.05, 0) is 90.1 Å². The number of rotatable bonds is 10. The Morgan fingerprint density at radius 3 is 2.52 bits per heavy atom. The van der Waals surface area contributed by atoms with Crippen LogP contribution >= 0.6 is 0 Å². The van der Waals surface area contributed by atoms with Gasteiger partial charge >= 0.3 is 5.97 Å². The van der Waals surface area contributed by atoms with Crippen LogP contribution in [-0.4, -0.2) is 31.4 Å². The number of esters is 1. The standard InChI is InChI=1S/C28H42O4Si/c1-20(2)11-9-12-21(3)13-10-15-28(5)16-14-23-24(32-28)19-22(4)25(26(23)29)27(30)31-17-18-33(6,7)8/h11,13-14,16,19,29H,9-10,12,15,17-18H2,1-8H3/b21-13+/t28-/m0/s1. The first kappa shape index (κ1) is 27.0. The predicted molar refractivity (Wildman–Crippen MR) is 141 cm³/mol. The third-order valence-corrected chi connectivity index (χ3v) is 7.66. The molecule has 182 valence electrons. The number of carbonyl (C=O) groups is 1. The fourth-order valence-electron chi connectivity index (χ4n) is 3.78. The van der Waals surface area contributed by atoms with Crippen LogP contribution in [0.25, 0.3) is 6.08 Å². The molecule has 1 heterocycles. The summed E-state index contributed by atoms with van der Waals surface area (Å²) in [7, 11) is -1.30. The Balaban J connectivity index is 2.07. The SMILES string of the molecule is CC(C)=CCC/C(C)=C/CC[C@@]1(C)C=Cc2c(cc(C)c(C(=O)OCC[Si](C)(C)C)c2O)O1. The number of aromatic hydroxyl groups is 1. The molecular weight excluding hydrogens is 428 g/mol. The molecule has 0 aromatic heterocycles. The van der Waals surface area contributed by atoms with Crippen LogP contribution in [-0.2, 0) is 4.74 Å². The lowest BCUT2D eigenvalue weighted by Gasteiger charge is -2.32. The Hall–Kier alpha value is -2.27. The molecule has 1 aliphatic heterocycles. The number of carbonyl (C=O) groups excluding carboxylic acids is 1. The minimum absolute atomic E-state index is 0.0590. The third kappa shape index (κ3) is 8.22. The van der Waals surface area contributed by atoms with Gasteiger partial charge in [0.25, 0.3) is 0 Å². The van der Waals surface area contributed by atoms with Gasteiger partial charge in [-0.15, -0.1) is 0 Å². The van der Waals surface area contributed by atoms with E-state index in [9.17, 15) is 9.90 Å². The van der Waals surface area contributed by atoms with Crippen LogP contribution < -0.4 is 4.74 Å². The molecular formula is C28H42O4Si. The van der Waals surface area contributed by atoms with Crippen LogP contribution in [0.15, 0.2) is 35.4 Å². The molecule has 0 radical (unpaired) electrons. The van der Waals surface area contributed by atoms with E-state index >= 15 is 0 Å². The summed E-state index contributed by atoms with van der Waals surface area (Å²) in [6, 6.07) is 2.74. The Morgan fingerprint density at radius 2 is 1.88 bits per heavy atom. The van der Waals surface area contributed by atoms with E-state index < -0.39 is 19.6 Å². The topological polar surface area (TPSA) is 55.8 Å². The van der Waals surface area contributed by atoms with Crippen LogP contribution in [0.3, 0.4) is 0 Å². The molecule has 0 fully saturated rings. The quantitative estimate of drug-likeness (QED) is 0.215. The number of benzene rings is 1. The molecule has 0 aliphatic carbocycles. The monoisotopic (exact) mass is 470 g/mol. The van der Waals surface area contributed by atoms with E-state index in [1.165, 1.54) is 11.1 Å². The van der Waals surface area contributed by atoms with Crippen molar-refractivity contribution >= 4 is 20.1 Å². The lowest BCUT2D eigenvalue weighted by Crippen LogP contribution is -2.32. The number of hydrogen-bond acceptors (Lipinski definition) is 4. The molecule has 0 amide bonds. The van der Waals surface area contributed by atoms with Crippen molar-refractivity contribution in [2.45, 2.75) is 91.6 Å². The number of allylic oxidation sites excluding steroid dienone is 4. The summed E-state index contributed by atoms with van der Waals surface area (Å²) in [5.41, 5.74) is 3.73. The Morgan fingerprint density at radius 1 is 1.18 bits per heavy atom. The highest BCUT2D eigenvalue weighted by molar-refractivity contribution is 6.76. The first-order valence-corrected chi connectivity index (χ1v) is 15.7. The van der Waals surface area contributed by atoms with E-state index in [-0.39, 0.29) is 11.3 Å². The first-order valence-electron chi connectivity index (χ1n) is 12.0. The molecule has 0 saturated heterocycles. The van der Waals surface area contributed by atoms with Gasteiger partial charge in [0.05, 0.1) is 12.2 Å². The molecule has 33 heavy (non-hydrogen) atoms. The maximum Gasteiger partial charge on any atom is 0.342 e. The van der Waals surface area contributed by atoms with Crippen LogP contribution in [0.2, 0.25) is 25.7 Å². The van der Waals surface area contributed by atoms with Crippen molar-refractivity contribution in [3.8, 4) is 11.5 Å². The minimum Gasteiger partial charge on any atom is -0.506 e. The highest BCUT2D eigenvalue weighted by Gasteiger charge is 2.31. The summed E-state index contributed by atoms with van der Waals surface area (Å²) in [5, 5.41) is 10.8. The van der Waals surface area contributed by atoms with E-state index in [4.69, 9.17) is 9.47 Å². The fourth-order valence-corrected chi connectivity index (χ4v) is 4.50. The molecule has 1 N–H and O–H groups in total. The summed E-state index contributed by atoms with van der Waals surface area (Å²) >= 11 is 0. The second kappa shape index (κ2) is 11.2. The van der Waals surface area contributed by atoms with Gasteiger partial charge in [0.2, 0.25) is 0 Å². The molecule has 0 bridgehead atoms. The van der Waals surface area contributed by atoms with Gasteiger partial charge in [-0.3, -0.25) is 0 Å². The van der Waals surface area contributed by atoms with Gasteiger partial charge in [-0.2, -0.15) is 0 Å². The van der Waals surface area contributed by atoms with E-state index in [0.717, 1.165) is 31.7 Å². The van der Waals surface area contributed by atoms with Crippen molar-refractivity contribution in [2.75, 3.05) is 6.61 Å². The molecule has 5 heteroatoms. The molecule has 1 atom stereocenters. The van der Waals surface area contributed by atoms with Crippen molar-refractivity contribution < 1.29 is 19.4 Å². The fraction of sp³-hybridized carbons (Fsp3) is 0.536. The Bertz CT molecular complexity index is 946. The summed E-state index contributed by atoms with van der Waals surface area (Å²) in [6.07, 6.45) is 12.3. The summed E-state index contributed by atoms with van der Waals surface area (Å²) < 4.78 is 11.8. The van der Waals surface area contributed by atoms with Crippen molar-refractivity contribution in [1.29, 1.82) is 0 Å². The summed E-state index contributed by atoms with van der Waals surface area (Å²) in [5.74, 6) is 0.0794. The second-order valence-electron chi connectivity index (χ2n) is 10.9. The maximum atomic E-state index is 12.7. The highest BCUT2D eigenvalue weighted by atomic mass is 28.3. The van der Waals surface area contributed by atoms with E-state index in [1.54, 1.807) is 0 Å². The van der Waals surface area contributed by atoms with E-state index in [0.29, 0.717) is 23.5 Å². The zero-order chi connectivity index (χ0) is 24.8. The van der Waals surface area contributed by atoms with Gasteiger partial charge in [-0.25, -0.2) is 4.79 Å². The lowest BCUT2D eigenvalue weighted by atomic mass is 9.92. The zero-order valence-electron chi connectivity index (χ0n) is 21.8. The number of fused-ring (bicyclic) bond motifs is 1. The molecule has 1 aromatic carbocycles. The molecule has 1 aromatic rings. The van der Waals surface area contributed by atoms with Gasteiger partial charge in [0, 0.05) is 8.07 Å². The normalized spacial score (nSPS) is 17.9. The number of aryl methyl sites for hydroxylation is 1. The van der Waals surface area contributed by atoms with Gasteiger partial charge in [0.15, 0.2) is 0 Å². The van der Waals surface area contributed by atoms with E-state index in [2.05, 4.69) is 59.5 Å². The van der Waals surface area contributed by atoms with Gasteiger partial charge in [0.1, 0.15) is 22.7 Å². The Labute approximate surface area is 201 Å². The second-order valence-corrected chi connectivity index (χ2v) is 16.6.